The van der Waals surface area contributed by atoms with Gasteiger partial charge in [-0.2, -0.15) is 4.68 Å². The van der Waals surface area contributed by atoms with Gasteiger partial charge in [0, 0.05) is 17.5 Å². The number of thiazole rings is 1. The molecule has 0 radical (unpaired) electrons. The minimum Gasteiger partial charge on any atom is -0.491 e. The number of rotatable bonds is 7. The molecule has 0 bridgehead atoms. The molecule has 8 nitrogen and oxygen atoms in total. The summed E-state index contributed by atoms with van der Waals surface area (Å²) in [4.78, 5) is 37.0. The molecule has 0 aliphatic rings. The van der Waals surface area contributed by atoms with E-state index in [1.54, 1.807) is 15.3 Å². The third kappa shape index (κ3) is 4.73. The average molecular weight is 552 g/mol. The predicted octanol–water partition coefficient (Wildman–Crippen LogP) is 5.46. The van der Waals surface area contributed by atoms with Gasteiger partial charge in [0.05, 0.1) is 46.0 Å². The highest BCUT2D eigenvalue weighted by Gasteiger charge is 2.22. The first-order valence-electron chi connectivity index (χ1n) is 13.2. The molecule has 4 aromatic heterocycles. The van der Waals surface area contributed by atoms with Crippen molar-refractivity contribution < 1.29 is 4.74 Å². The summed E-state index contributed by atoms with van der Waals surface area (Å²) in [5, 5.41) is 1.03. The second kappa shape index (κ2) is 10.2. The molecule has 6 rings (SSSR count). The topological polar surface area (TPSA) is 83.9 Å². The Morgan fingerprint density at radius 1 is 0.900 bits per heavy atom. The van der Waals surface area contributed by atoms with Gasteiger partial charge in [0.15, 0.2) is 0 Å². The molecule has 0 unspecified atom stereocenters. The highest BCUT2D eigenvalue weighted by molar-refractivity contribution is 7.20. The summed E-state index contributed by atoms with van der Waals surface area (Å²) >= 11 is 1.42. The van der Waals surface area contributed by atoms with Gasteiger partial charge in [0.1, 0.15) is 5.75 Å². The van der Waals surface area contributed by atoms with E-state index in [0.29, 0.717) is 28.3 Å². The summed E-state index contributed by atoms with van der Waals surface area (Å²) in [5.41, 5.74) is 4.20. The summed E-state index contributed by atoms with van der Waals surface area (Å²) in [6.07, 6.45) is 0.0480. The van der Waals surface area contributed by atoms with Crippen molar-refractivity contribution in [1.82, 2.24) is 23.9 Å². The molecule has 0 fully saturated rings. The van der Waals surface area contributed by atoms with Crippen molar-refractivity contribution in [1.29, 1.82) is 0 Å². The van der Waals surface area contributed by atoms with E-state index in [0.717, 1.165) is 32.9 Å². The molecule has 4 heterocycles. The Morgan fingerprint density at radius 3 is 2.45 bits per heavy atom. The van der Waals surface area contributed by atoms with Crippen molar-refractivity contribution in [3.63, 3.8) is 0 Å². The SMILES string of the molecule is Cc1cccc(Cn2c(C)c3c(=O)n(-c4nc5ccc(OC(C)C)cc5s4)n(Cc4ccccc4)c3cc2=O)n1. The van der Waals surface area contributed by atoms with Crippen LogP contribution in [0, 0.1) is 13.8 Å². The van der Waals surface area contributed by atoms with Crippen LogP contribution in [0.4, 0.5) is 0 Å². The standard InChI is InChI=1S/C31H29N5O3S/c1-19(2)39-24-13-14-25-27(15-24)40-31(33-25)36-30(38)29-21(4)34(18-23-12-8-9-20(3)32-23)28(37)16-26(29)35(36)17-22-10-6-5-7-11-22/h5-16,19H,17-18H2,1-4H3. The lowest BCUT2D eigenvalue weighted by Gasteiger charge is -2.12. The summed E-state index contributed by atoms with van der Waals surface area (Å²) in [6, 6.07) is 22.9. The number of aryl methyl sites for hydroxylation is 2. The maximum absolute atomic E-state index is 14.2. The van der Waals surface area contributed by atoms with Crippen molar-refractivity contribution in [3.8, 4) is 10.9 Å². The van der Waals surface area contributed by atoms with E-state index < -0.39 is 0 Å². The van der Waals surface area contributed by atoms with Crippen LogP contribution in [-0.4, -0.2) is 30.0 Å². The lowest BCUT2D eigenvalue weighted by molar-refractivity contribution is 0.243. The van der Waals surface area contributed by atoms with Gasteiger partial charge >= 0.3 is 0 Å². The van der Waals surface area contributed by atoms with Gasteiger partial charge in [-0.1, -0.05) is 47.7 Å². The number of pyridine rings is 2. The third-order valence-electron chi connectivity index (χ3n) is 6.82. The molecule has 202 valence electrons. The molecule has 0 N–H and O–H groups in total. The number of ether oxygens (including phenoxy) is 1. The number of benzene rings is 2. The second-order valence-corrected chi connectivity index (χ2v) is 11.1. The maximum atomic E-state index is 14.2. The summed E-state index contributed by atoms with van der Waals surface area (Å²) in [5.74, 6) is 0.757. The normalized spacial score (nSPS) is 11.6. The van der Waals surface area contributed by atoms with Crippen molar-refractivity contribution in [3.05, 3.63) is 116 Å². The van der Waals surface area contributed by atoms with Gasteiger partial charge in [-0.25, -0.2) is 4.98 Å². The molecule has 40 heavy (non-hydrogen) atoms. The highest BCUT2D eigenvalue weighted by atomic mass is 32.1. The average Bonchev–Trinajstić information content (AvgIpc) is 3.44. The van der Waals surface area contributed by atoms with E-state index in [2.05, 4.69) is 4.98 Å². The molecule has 0 atom stereocenters. The van der Waals surface area contributed by atoms with Crippen molar-refractivity contribution in [2.75, 3.05) is 0 Å². The molecule has 2 aromatic carbocycles. The van der Waals surface area contributed by atoms with Crippen LogP contribution >= 0.6 is 11.3 Å². The van der Waals surface area contributed by atoms with Gasteiger partial charge in [-0.05, 0) is 63.6 Å². The predicted molar refractivity (Wildman–Crippen MR) is 159 cm³/mol. The fourth-order valence-electron chi connectivity index (χ4n) is 5.02. The fraction of sp³-hybridized carbons (Fsp3) is 0.226. The lowest BCUT2D eigenvalue weighted by Crippen LogP contribution is -2.24. The molecular formula is C31H29N5O3S. The zero-order chi connectivity index (χ0) is 28.0. The first-order valence-corrected chi connectivity index (χ1v) is 14.0. The van der Waals surface area contributed by atoms with Crippen LogP contribution < -0.4 is 15.9 Å². The van der Waals surface area contributed by atoms with Crippen LogP contribution in [0.25, 0.3) is 26.3 Å². The molecule has 9 heteroatoms. The largest absolute Gasteiger partial charge is 0.491 e. The molecule has 6 aromatic rings. The zero-order valence-corrected chi connectivity index (χ0v) is 23.6. The second-order valence-electron chi connectivity index (χ2n) is 10.1. The number of aromatic nitrogens is 5. The van der Waals surface area contributed by atoms with Crippen molar-refractivity contribution in [2.24, 2.45) is 0 Å². The fourth-order valence-corrected chi connectivity index (χ4v) is 6.02. The summed E-state index contributed by atoms with van der Waals surface area (Å²) in [7, 11) is 0. The Labute approximate surface area is 234 Å². The van der Waals surface area contributed by atoms with Gasteiger partial charge in [0.2, 0.25) is 5.13 Å². The van der Waals surface area contributed by atoms with Crippen LogP contribution in [0.1, 0.15) is 36.5 Å². The number of hydrogen-bond acceptors (Lipinski definition) is 6. The van der Waals surface area contributed by atoms with Gasteiger partial charge in [-0.15, -0.1) is 0 Å². The van der Waals surface area contributed by atoms with Crippen molar-refractivity contribution >= 4 is 32.5 Å². The minimum absolute atomic E-state index is 0.0480. The summed E-state index contributed by atoms with van der Waals surface area (Å²) < 4.78 is 11.9. The molecule has 0 amide bonds. The summed E-state index contributed by atoms with van der Waals surface area (Å²) in [6.45, 7) is 8.40. The number of hydrogen-bond donors (Lipinski definition) is 0. The van der Waals surface area contributed by atoms with Crippen LogP contribution in [0.3, 0.4) is 0 Å². The first kappa shape index (κ1) is 25.8. The first-order chi connectivity index (χ1) is 19.3. The monoisotopic (exact) mass is 551 g/mol. The Balaban J connectivity index is 1.56. The number of fused-ring (bicyclic) bond motifs is 2. The highest BCUT2D eigenvalue weighted by Crippen LogP contribution is 2.30. The lowest BCUT2D eigenvalue weighted by atomic mass is 10.2. The minimum atomic E-state index is -0.216. The van der Waals surface area contributed by atoms with Gasteiger partial charge in [0.25, 0.3) is 11.1 Å². The molecule has 0 aliphatic carbocycles. The van der Waals surface area contributed by atoms with Crippen molar-refractivity contribution in [2.45, 2.75) is 46.9 Å². The quantitative estimate of drug-likeness (QED) is 0.263. The van der Waals surface area contributed by atoms with Crippen LogP contribution in [0.2, 0.25) is 0 Å². The Morgan fingerprint density at radius 2 is 1.70 bits per heavy atom. The van der Waals surface area contributed by atoms with E-state index in [-0.39, 0.29) is 23.8 Å². The Hall–Kier alpha value is -4.50. The van der Waals surface area contributed by atoms with E-state index in [9.17, 15) is 9.59 Å². The Kier molecular flexibility index (Phi) is 6.59. The molecule has 0 spiro atoms. The van der Waals surface area contributed by atoms with E-state index in [4.69, 9.17) is 9.72 Å². The van der Waals surface area contributed by atoms with Crippen LogP contribution in [0.5, 0.6) is 5.75 Å². The maximum Gasteiger partial charge on any atom is 0.283 e. The van der Waals surface area contributed by atoms with Crippen LogP contribution in [0.15, 0.2) is 82.4 Å². The van der Waals surface area contributed by atoms with E-state index >= 15 is 0 Å². The third-order valence-corrected chi connectivity index (χ3v) is 7.81. The van der Waals surface area contributed by atoms with Gasteiger partial charge < -0.3 is 9.30 Å². The smallest absolute Gasteiger partial charge is 0.283 e. The molecule has 0 aliphatic heterocycles. The van der Waals surface area contributed by atoms with Crippen LogP contribution in [-0.2, 0) is 13.1 Å². The molecule has 0 saturated heterocycles. The zero-order valence-electron chi connectivity index (χ0n) is 22.8. The number of nitrogens with zero attached hydrogens (tertiary/aromatic N) is 5. The van der Waals surface area contributed by atoms with E-state index in [1.165, 1.54) is 11.3 Å². The Bertz CT molecular complexity index is 1980. The molecule has 0 saturated carbocycles. The molecular weight excluding hydrogens is 522 g/mol. The van der Waals surface area contributed by atoms with Gasteiger partial charge in [-0.3, -0.25) is 19.3 Å². The van der Waals surface area contributed by atoms with E-state index in [1.807, 2.05) is 99.1 Å².